The summed E-state index contributed by atoms with van der Waals surface area (Å²) in [5.41, 5.74) is 0.823. The first-order chi connectivity index (χ1) is 9.02. The molecule has 104 valence electrons. The Labute approximate surface area is 112 Å². The predicted molar refractivity (Wildman–Crippen MR) is 70.4 cm³/mol. The molecule has 1 aromatic rings. The van der Waals surface area contributed by atoms with Gasteiger partial charge in [-0.25, -0.2) is 0 Å². The number of hydrogen-bond donors (Lipinski definition) is 3. The van der Waals surface area contributed by atoms with Crippen molar-refractivity contribution in [3.8, 4) is 0 Å². The van der Waals surface area contributed by atoms with Crippen LogP contribution < -0.4 is 5.32 Å². The second-order valence-corrected chi connectivity index (χ2v) is 4.62. The van der Waals surface area contributed by atoms with Gasteiger partial charge in [-0.2, -0.15) is 0 Å². The van der Waals surface area contributed by atoms with Crippen molar-refractivity contribution in [1.82, 2.24) is 5.32 Å². The van der Waals surface area contributed by atoms with Crippen LogP contribution in [0.25, 0.3) is 0 Å². The van der Waals surface area contributed by atoms with Gasteiger partial charge in [0.05, 0.1) is 12.6 Å². The van der Waals surface area contributed by atoms with E-state index in [0.29, 0.717) is 0 Å². The number of carboxylic acids is 1. The first-order valence-electron chi connectivity index (χ1n) is 6.20. The third-order valence-corrected chi connectivity index (χ3v) is 2.78. The van der Waals surface area contributed by atoms with Gasteiger partial charge in [0.1, 0.15) is 0 Å². The monoisotopic (exact) mass is 265 g/mol. The molecule has 1 amide bonds. The highest BCUT2D eigenvalue weighted by Crippen LogP contribution is 2.13. The highest BCUT2D eigenvalue weighted by molar-refractivity contribution is 5.77. The number of hydrogen-bond acceptors (Lipinski definition) is 3. The van der Waals surface area contributed by atoms with Gasteiger partial charge in [0.25, 0.3) is 0 Å². The summed E-state index contributed by atoms with van der Waals surface area (Å²) < 4.78 is 0. The third kappa shape index (κ3) is 5.52. The van der Waals surface area contributed by atoms with Crippen LogP contribution in [0.3, 0.4) is 0 Å². The van der Waals surface area contributed by atoms with Gasteiger partial charge in [-0.3, -0.25) is 9.59 Å². The van der Waals surface area contributed by atoms with Gasteiger partial charge in [0.15, 0.2) is 0 Å². The molecule has 0 spiro atoms. The van der Waals surface area contributed by atoms with Crippen molar-refractivity contribution in [3.05, 3.63) is 35.9 Å². The number of aliphatic carboxylic acids is 1. The summed E-state index contributed by atoms with van der Waals surface area (Å²) >= 11 is 0. The molecule has 0 bridgehead atoms. The Kier molecular flexibility index (Phi) is 6.02. The second-order valence-electron chi connectivity index (χ2n) is 4.62. The van der Waals surface area contributed by atoms with Crippen LogP contribution in [0.5, 0.6) is 0 Å². The minimum Gasteiger partial charge on any atom is -0.481 e. The number of amides is 1. The lowest BCUT2D eigenvalue weighted by Gasteiger charge is -2.18. The highest BCUT2D eigenvalue weighted by atomic mass is 16.4. The Bertz CT molecular complexity index is 419. The van der Waals surface area contributed by atoms with Gasteiger partial charge in [0, 0.05) is 12.8 Å². The molecule has 0 radical (unpaired) electrons. The Morgan fingerprint density at radius 1 is 1.21 bits per heavy atom. The highest BCUT2D eigenvalue weighted by Gasteiger charge is 2.16. The molecule has 0 aromatic heterocycles. The first-order valence-corrected chi connectivity index (χ1v) is 6.20. The van der Waals surface area contributed by atoms with Crippen LogP contribution in [0, 0.1) is 5.92 Å². The molecule has 0 fully saturated rings. The van der Waals surface area contributed by atoms with Gasteiger partial charge in [-0.1, -0.05) is 37.3 Å². The smallest absolute Gasteiger partial charge is 0.303 e. The zero-order valence-electron chi connectivity index (χ0n) is 10.9. The standard InChI is InChI=1S/C14H19NO4/c1-10(8-14(18)19)7-13(17)15-12(9-16)11-5-3-2-4-6-11/h2-6,10,12,16H,7-9H2,1H3,(H,15,17)(H,18,19)/t10?,12-/m1/s1. The molecule has 0 saturated carbocycles. The van der Waals surface area contributed by atoms with E-state index in [9.17, 15) is 14.7 Å². The molecule has 19 heavy (non-hydrogen) atoms. The maximum atomic E-state index is 11.8. The summed E-state index contributed by atoms with van der Waals surface area (Å²) in [7, 11) is 0. The molecule has 1 aromatic carbocycles. The summed E-state index contributed by atoms with van der Waals surface area (Å²) in [6.07, 6.45) is 0.0954. The van der Waals surface area contributed by atoms with E-state index in [4.69, 9.17) is 5.11 Å². The van der Waals surface area contributed by atoms with Crippen LogP contribution in [0.15, 0.2) is 30.3 Å². The topological polar surface area (TPSA) is 86.6 Å². The summed E-state index contributed by atoms with van der Waals surface area (Å²) in [4.78, 5) is 22.3. The minimum atomic E-state index is -0.915. The maximum absolute atomic E-state index is 11.8. The number of rotatable bonds is 7. The van der Waals surface area contributed by atoms with Crippen molar-refractivity contribution in [2.24, 2.45) is 5.92 Å². The van der Waals surface area contributed by atoms with E-state index in [-0.39, 0.29) is 31.3 Å². The van der Waals surface area contributed by atoms with Crippen LogP contribution in [-0.4, -0.2) is 28.7 Å². The van der Waals surface area contributed by atoms with Crippen LogP contribution in [0.4, 0.5) is 0 Å². The molecule has 0 aliphatic heterocycles. The van der Waals surface area contributed by atoms with Crippen LogP contribution in [0.2, 0.25) is 0 Å². The number of aliphatic hydroxyl groups excluding tert-OH is 1. The van der Waals surface area contributed by atoms with E-state index < -0.39 is 12.0 Å². The molecular weight excluding hydrogens is 246 g/mol. The van der Waals surface area contributed by atoms with Crippen molar-refractivity contribution < 1.29 is 19.8 Å². The van der Waals surface area contributed by atoms with E-state index in [1.807, 2.05) is 30.3 Å². The summed E-state index contributed by atoms with van der Waals surface area (Å²) in [6.45, 7) is 1.52. The summed E-state index contributed by atoms with van der Waals surface area (Å²) in [6, 6.07) is 8.71. The fourth-order valence-electron chi connectivity index (χ4n) is 1.86. The van der Waals surface area contributed by atoms with Gasteiger partial charge < -0.3 is 15.5 Å². The number of aliphatic hydroxyl groups is 1. The minimum absolute atomic E-state index is 0.0391. The molecular formula is C14H19NO4. The SMILES string of the molecule is CC(CC(=O)O)CC(=O)N[C@H](CO)c1ccccc1. The van der Waals surface area contributed by atoms with Gasteiger partial charge in [-0.15, -0.1) is 0 Å². The molecule has 0 saturated heterocycles. The zero-order chi connectivity index (χ0) is 14.3. The number of carboxylic acid groups (broad SMARTS) is 1. The van der Waals surface area contributed by atoms with Crippen LogP contribution >= 0.6 is 0 Å². The predicted octanol–water partition coefficient (Wildman–Crippen LogP) is 1.34. The Balaban J connectivity index is 2.52. The number of nitrogens with one attached hydrogen (secondary N) is 1. The first kappa shape index (κ1) is 15.2. The number of benzene rings is 1. The van der Waals surface area contributed by atoms with E-state index in [1.165, 1.54) is 0 Å². The molecule has 1 unspecified atom stereocenters. The average Bonchev–Trinajstić information content (AvgIpc) is 2.35. The Morgan fingerprint density at radius 3 is 2.37 bits per heavy atom. The lowest BCUT2D eigenvalue weighted by Crippen LogP contribution is -2.32. The number of carbonyl (C=O) groups excluding carboxylic acids is 1. The summed E-state index contributed by atoms with van der Waals surface area (Å²) in [5, 5.41) is 20.6. The normalized spacial score (nSPS) is 13.6. The third-order valence-electron chi connectivity index (χ3n) is 2.78. The Morgan fingerprint density at radius 2 is 1.84 bits per heavy atom. The molecule has 5 heteroatoms. The van der Waals surface area contributed by atoms with Gasteiger partial charge >= 0.3 is 5.97 Å². The maximum Gasteiger partial charge on any atom is 0.303 e. The quantitative estimate of drug-likeness (QED) is 0.694. The lowest BCUT2D eigenvalue weighted by atomic mass is 10.0. The van der Waals surface area contributed by atoms with Crippen molar-refractivity contribution in [3.63, 3.8) is 0 Å². The molecule has 0 heterocycles. The number of carbonyl (C=O) groups is 2. The molecule has 0 aliphatic rings. The molecule has 1 rings (SSSR count). The van der Waals surface area contributed by atoms with Crippen LogP contribution in [-0.2, 0) is 9.59 Å². The fraction of sp³-hybridized carbons (Fsp3) is 0.429. The molecule has 5 nitrogen and oxygen atoms in total. The molecule has 3 N–H and O–H groups in total. The largest absolute Gasteiger partial charge is 0.481 e. The van der Waals surface area contributed by atoms with E-state index in [1.54, 1.807) is 6.92 Å². The fourth-order valence-corrected chi connectivity index (χ4v) is 1.86. The lowest BCUT2D eigenvalue weighted by molar-refractivity contribution is -0.138. The zero-order valence-corrected chi connectivity index (χ0v) is 10.9. The molecule has 2 atom stereocenters. The van der Waals surface area contributed by atoms with Crippen molar-refractivity contribution in [1.29, 1.82) is 0 Å². The van der Waals surface area contributed by atoms with Gasteiger partial charge in [0.2, 0.25) is 5.91 Å². The van der Waals surface area contributed by atoms with E-state index >= 15 is 0 Å². The molecule has 0 aliphatic carbocycles. The Hall–Kier alpha value is -1.88. The second kappa shape index (κ2) is 7.53. The van der Waals surface area contributed by atoms with Gasteiger partial charge in [-0.05, 0) is 11.5 Å². The average molecular weight is 265 g/mol. The van der Waals surface area contributed by atoms with Crippen molar-refractivity contribution in [2.45, 2.75) is 25.8 Å². The van der Waals surface area contributed by atoms with E-state index in [2.05, 4.69) is 5.32 Å². The van der Waals surface area contributed by atoms with Crippen LogP contribution in [0.1, 0.15) is 31.4 Å². The van der Waals surface area contributed by atoms with E-state index in [0.717, 1.165) is 5.56 Å². The summed E-state index contributed by atoms with van der Waals surface area (Å²) in [5.74, 6) is -1.40. The van der Waals surface area contributed by atoms with Crippen molar-refractivity contribution in [2.75, 3.05) is 6.61 Å². The van der Waals surface area contributed by atoms with Crippen molar-refractivity contribution >= 4 is 11.9 Å².